The Morgan fingerprint density at radius 3 is 2.76 bits per heavy atom. The van der Waals surface area contributed by atoms with E-state index in [2.05, 4.69) is 0 Å². The van der Waals surface area contributed by atoms with Gasteiger partial charge in [0.15, 0.2) is 0 Å². The first-order valence-electron chi connectivity index (χ1n) is 5.71. The molecule has 4 nitrogen and oxygen atoms in total. The molecule has 1 amide bonds. The maximum Gasteiger partial charge on any atom is 0.231 e. The first-order chi connectivity index (χ1) is 8.04. The normalized spacial score (nSPS) is 16.5. The minimum atomic E-state index is -0.0127. The highest BCUT2D eigenvalue weighted by Gasteiger charge is 2.25. The van der Waals surface area contributed by atoms with Crippen molar-refractivity contribution in [2.24, 2.45) is 0 Å². The first kappa shape index (κ1) is 12.1. The summed E-state index contributed by atoms with van der Waals surface area (Å²) in [6.07, 6.45) is 0.464. The largest absolute Gasteiger partial charge is 0.394 e. The molecule has 1 unspecified atom stereocenters. The van der Waals surface area contributed by atoms with Crippen LogP contribution in [0.4, 0.5) is 5.69 Å². The summed E-state index contributed by atoms with van der Waals surface area (Å²) in [5.41, 5.74) is 3.09. The Bertz CT molecular complexity index is 443. The van der Waals surface area contributed by atoms with Crippen molar-refractivity contribution in [3.63, 3.8) is 0 Å². The van der Waals surface area contributed by atoms with Crippen LogP contribution in [-0.2, 0) is 11.2 Å². The minimum Gasteiger partial charge on any atom is -0.394 e. The van der Waals surface area contributed by atoms with Crippen molar-refractivity contribution < 1.29 is 9.90 Å². The third-order valence-corrected chi connectivity index (χ3v) is 3.36. The highest BCUT2D eigenvalue weighted by Crippen LogP contribution is 2.30. The summed E-state index contributed by atoms with van der Waals surface area (Å²) < 4.78 is 0. The Morgan fingerprint density at radius 2 is 2.18 bits per heavy atom. The van der Waals surface area contributed by atoms with Gasteiger partial charge in [-0.2, -0.15) is 0 Å². The van der Waals surface area contributed by atoms with Gasteiger partial charge in [0.05, 0.1) is 19.1 Å². The second kappa shape index (κ2) is 4.47. The molecule has 0 bridgehead atoms. The van der Waals surface area contributed by atoms with Crippen molar-refractivity contribution in [1.82, 2.24) is 4.90 Å². The van der Waals surface area contributed by atoms with Gasteiger partial charge in [0.2, 0.25) is 5.91 Å². The summed E-state index contributed by atoms with van der Waals surface area (Å²) in [5.74, 6) is 0.127. The molecule has 92 valence electrons. The van der Waals surface area contributed by atoms with Gasteiger partial charge < -0.3 is 14.9 Å². The second-order valence-corrected chi connectivity index (χ2v) is 4.68. The zero-order chi connectivity index (χ0) is 12.6. The molecule has 1 aromatic carbocycles. The Morgan fingerprint density at radius 1 is 1.47 bits per heavy atom. The molecule has 1 aliphatic heterocycles. The van der Waals surface area contributed by atoms with Crippen LogP contribution < -0.4 is 4.90 Å². The highest BCUT2D eigenvalue weighted by molar-refractivity contribution is 6.00. The fraction of sp³-hybridized carbons (Fsp3) is 0.462. The fourth-order valence-corrected chi connectivity index (χ4v) is 2.26. The molecule has 4 heteroatoms. The number of carbonyl (C=O) groups is 1. The lowest BCUT2D eigenvalue weighted by Crippen LogP contribution is -2.23. The molecule has 1 heterocycles. The van der Waals surface area contributed by atoms with Gasteiger partial charge in [-0.1, -0.05) is 12.1 Å². The Hall–Kier alpha value is -1.39. The van der Waals surface area contributed by atoms with E-state index in [9.17, 15) is 9.90 Å². The molecule has 0 aliphatic carbocycles. The lowest BCUT2D eigenvalue weighted by atomic mass is 10.0. The predicted molar refractivity (Wildman–Crippen MR) is 67.1 cm³/mol. The van der Waals surface area contributed by atoms with Crippen LogP contribution in [0.25, 0.3) is 0 Å². The van der Waals surface area contributed by atoms with Crippen LogP contribution in [-0.4, -0.2) is 43.7 Å². The smallest absolute Gasteiger partial charge is 0.231 e. The summed E-state index contributed by atoms with van der Waals surface area (Å²) in [7, 11) is 5.67. The van der Waals surface area contributed by atoms with E-state index in [-0.39, 0.29) is 18.6 Å². The summed E-state index contributed by atoms with van der Waals surface area (Å²) in [4.78, 5) is 15.2. The van der Waals surface area contributed by atoms with Gasteiger partial charge in [-0.05, 0) is 31.3 Å². The van der Waals surface area contributed by atoms with E-state index in [1.54, 1.807) is 11.9 Å². The number of amides is 1. The van der Waals surface area contributed by atoms with Crippen LogP contribution in [0.1, 0.15) is 17.2 Å². The maximum absolute atomic E-state index is 11.6. The average molecular weight is 234 g/mol. The van der Waals surface area contributed by atoms with Crippen molar-refractivity contribution >= 4 is 11.6 Å². The van der Waals surface area contributed by atoms with Gasteiger partial charge in [0, 0.05) is 12.7 Å². The number of aliphatic hydroxyl groups excluding tert-OH is 1. The van der Waals surface area contributed by atoms with Crippen LogP contribution in [0.2, 0.25) is 0 Å². The maximum atomic E-state index is 11.6. The Labute approximate surface area is 101 Å². The number of aliphatic hydroxyl groups is 1. The van der Waals surface area contributed by atoms with Gasteiger partial charge in [-0.3, -0.25) is 4.79 Å². The number of nitrogens with zero attached hydrogens (tertiary/aromatic N) is 2. The van der Waals surface area contributed by atoms with Crippen molar-refractivity contribution in [2.45, 2.75) is 12.5 Å². The molecule has 0 aromatic heterocycles. The van der Waals surface area contributed by atoms with E-state index in [4.69, 9.17) is 0 Å². The fourth-order valence-electron chi connectivity index (χ4n) is 2.26. The number of benzene rings is 1. The van der Waals surface area contributed by atoms with Crippen LogP contribution >= 0.6 is 0 Å². The van der Waals surface area contributed by atoms with E-state index in [0.717, 1.165) is 16.8 Å². The van der Waals surface area contributed by atoms with E-state index >= 15 is 0 Å². The molecular formula is C13H18N2O2. The summed E-state index contributed by atoms with van der Waals surface area (Å²) in [6, 6.07) is 5.95. The highest BCUT2D eigenvalue weighted by atomic mass is 16.3. The van der Waals surface area contributed by atoms with Gasteiger partial charge in [0.25, 0.3) is 0 Å². The molecule has 0 radical (unpaired) electrons. The van der Waals surface area contributed by atoms with Gasteiger partial charge in [0.1, 0.15) is 0 Å². The quantitative estimate of drug-likeness (QED) is 0.841. The first-order valence-corrected chi connectivity index (χ1v) is 5.71. The molecule has 1 aromatic rings. The molecule has 0 fully saturated rings. The van der Waals surface area contributed by atoms with E-state index in [1.165, 1.54) is 0 Å². The number of carbonyl (C=O) groups excluding carboxylic acids is 1. The van der Waals surface area contributed by atoms with Gasteiger partial charge in [-0.25, -0.2) is 0 Å². The zero-order valence-electron chi connectivity index (χ0n) is 10.5. The van der Waals surface area contributed by atoms with Crippen molar-refractivity contribution in [1.29, 1.82) is 0 Å². The van der Waals surface area contributed by atoms with Crippen molar-refractivity contribution in [3.8, 4) is 0 Å². The zero-order valence-corrected chi connectivity index (χ0v) is 10.5. The van der Waals surface area contributed by atoms with Gasteiger partial charge >= 0.3 is 0 Å². The van der Waals surface area contributed by atoms with Crippen LogP contribution in [0.3, 0.4) is 0 Å². The van der Waals surface area contributed by atoms with Crippen molar-refractivity contribution in [2.75, 3.05) is 32.6 Å². The number of hydrogen-bond donors (Lipinski definition) is 1. The number of fused-ring (bicyclic) bond motifs is 1. The molecule has 1 aliphatic rings. The molecule has 0 saturated heterocycles. The molecular weight excluding hydrogens is 216 g/mol. The van der Waals surface area contributed by atoms with Crippen LogP contribution in [0, 0.1) is 0 Å². The number of rotatable bonds is 3. The van der Waals surface area contributed by atoms with Crippen LogP contribution in [0.5, 0.6) is 0 Å². The molecule has 0 spiro atoms. The topological polar surface area (TPSA) is 43.8 Å². The summed E-state index contributed by atoms with van der Waals surface area (Å²) in [6.45, 7) is 0.0789. The van der Waals surface area contributed by atoms with E-state index in [0.29, 0.717) is 6.42 Å². The summed E-state index contributed by atoms with van der Waals surface area (Å²) >= 11 is 0. The monoisotopic (exact) mass is 234 g/mol. The lowest BCUT2D eigenvalue weighted by Gasteiger charge is -2.23. The van der Waals surface area contributed by atoms with Gasteiger partial charge in [-0.15, -0.1) is 0 Å². The molecule has 1 N–H and O–H groups in total. The number of likely N-dealkylation sites (N-methyl/N-ethyl adjacent to an activating group) is 2. The Kier molecular flexibility index (Phi) is 3.17. The molecule has 0 saturated carbocycles. The molecule has 1 atom stereocenters. The summed E-state index contributed by atoms with van der Waals surface area (Å²) in [5, 5.41) is 9.38. The molecule has 2 rings (SSSR count). The Balaban J connectivity index is 2.35. The van der Waals surface area contributed by atoms with E-state index in [1.807, 2.05) is 37.2 Å². The SMILES string of the molecule is CN1C(=O)Cc2cc(C(CO)N(C)C)ccc21. The number of hydrogen-bond acceptors (Lipinski definition) is 3. The van der Waals surface area contributed by atoms with Crippen LogP contribution in [0.15, 0.2) is 18.2 Å². The standard InChI is InChI=1S/C13H18N2O2/c1-14(2)12(8-16)9-4-5-11-10(6-9)7-13(17)15(11)3/h4-6,12,16H,7-8H2,1-3H3. The predicted octanol–water partition coefficient (Wildman–Crippen LogP) is 0.800. The molecule has 17 heavy (non-hydrogen) atoms. The third-order valence-electron chi connectivity index (χ3n) is 3.36. The third kappa shape index (κ3) is 2.06. The van der Waals surface area contributed by atoms with E-state index < -0.39 is 0 Å². The second-order valence-electron chi connectivity index (χ2n) is 4.68. The number of anilines is 1. The minimum absolute atomic E-state index is 0.0127. The van der Waals surface area contributed by atoms with Crippen molar-refractivity contribution in [3.05, 3.63) is 29.3 Å². The average Bonchev–Trinajstić information content (AvgIpc) is 2.55. The lowest BCUT2D eigenvalue weighted by molar-refractivity contribution is -0.117.